The van der Waals surface area contributed by atoms with Gasteiger partial charge < -0.3 is 0 Å². The maximum absolute atomic E-state index is 4.09. The molecule has 2 aliphatic heterocycles. The monoisotopic (exact) mass is 419 g/mol. The van der Waals surface area contributed by atoms with Gasteiger partial charge >= 0.3 is 0 Å². The lowest BCUT2D eigenvalue weighted by molar-refractivity contribution is -0.192. The summed E-state index contributed by atoms with van der Waals surface area (Å²) in [5, 5.41) is 0. The van der Waals surface area contributed by atoms with Crippen molar-refractivity contribution in [1.82, 2.24) is 4.90 Å². The van der Waals surface area contributed by atoms with Gasteiger partial charge in [0.15, 0.2) is 0 Å². The highest BCUT2D eigenvalue weighted by atomic mass is 15.2. The fraction of sp³-hybridized carbons (Fsp3) is 0.533. The number of fused-ring (bicyclic) bond motifs is 4. The van der Waals surface area contributed by atoms with E-state index in [0.29, 0.717) is 17.9 Å². The average molecular weight is 420 g/mol. The summed E-state index contributed by atoms with van der Waals surface area (Å²) in [6, 6.07) is 0.522. The van der Waals surface area contributed by atoms with Gasteiger partial charge in [0.2, 0.25) is 0 Å². The largest absolute Gasteiger partial charge is 0.299 e. The Morgan fingerprint density at radius 3 is 2.10 bits per heavy atom. The highest BCUT2D eigenvalue weighted by Gasteiger charge is 2.70. The van der Waals surface area contributed by atoms with Gasteiger partial charge in [0, 0.05) is 17.0 Å². The maximum atomic E-state index is 4.09. The molecule has 2 saturated heterocycles. The van der Waals surface area contributed by atoms with Gasteiger partial charge in [-0.15, -0.1) is 0 Å². The highest BCUT2D eigenvalue weighted by molar-refractivity contribution is 5.52. The maximum Gasteiger partial charge on any atom is 0.0291 e. The Balaban J connectivity index is 2.95. The normalized spacial score (nSPS) is 37.1. The lowest BCUT2D eigenvalue weighted by atomic mass is 9.32. The molecular weight excluding hydrogens is 374 g/mol. The van der Waals surface area contributed by atoms with Crippen molar-refractivity contribution in [2.24, 2.45) is 22.7 Å². The number of nitrogens with zero attached hydrogens (tertiary/aromatic N) is 1. The molecule has 3 fully saturated rings. The molecule has 3 rings (SSSR count). The fourth-order valence-electron chi connectivity index (χ4n) is 6.90. The van der Waals surface area contributed by atoms with Crippen LogP contribution < -0.4 is 0 Å². The minimum Gasteiger partial charge on any atom is -0.299 e. The van der Waals surface area contributed by atoms with Crippen LogP contribution in [0.15, 0.2) is 85.1 Å². The Labute approximate surface area is 192 Å². The Hall–Kier alpha value is -1.86. The molecule has 2 bridgehead atoms. The number of hydrogen-bond acceptors (Lipinski definition) is 1. The molecule has 0 aromatic rings. The molecule has 2 heterocycles. The second-order valence-corrected chi connectivity index (χ2v) is 10.4. The predicted molar refractivity (Wildman–Crippen MR) is 139 cm³/mol. The second-order valence-electron chi connectivity index (χ2n) is 10.4. The van der Waals surface area contributed by atoms with Crippen molar-refractivity contribution in [1.29, 1.82) is 0 Å². The van der Waals surface area contributed by atoms with Crippen LogP contribution in [0.3, 0.4) is 0 Å². The molecule has 5 unspecified atom stereocenters. The Bertz CT molecular complexity index is 813. The predicted octanol–water partition coefficient (Wildman–Crippen LogP) is 8.07. The molecule has 0 aromatic carbocycles. The Morgan fingerprint density at radius 1 is 0.903 bits per heavy atom. The summed E-state index contributed by atoms with van der Waals surface area (Å²) in [7, 11) is 2.31. The lowest BCUT2D eigenvalue weighted by Crippen LogP contribution is -2.70. The van der Waals surface area contributed by atoms with Crippen molar-refractivity contribution in [2.75, 3.05) is 7.05 Å². The van der Waals surface area contributed by atoms with E-state index >= 15 is 0 Å². The van der Waals surface area contributed by atoms with Gasteiger partial charge in [-0.05, 0) is 82.9 Å². The molecule has 0 amide bonds. The van der Waals surface area contributed by atoms with Gasteiger partial charge in [0.1, 0.15) is 0 Å². The molecule has 1 aliphatic carbocycles. The van der Waals surface area contributed by atoms with Gasteiger partial charge in [-0.25, -0.2) is 0 Å². The molecule has 5 atom stereocenters. The molecule has 0 N–H and O–H groups in total. The summed E-state index contributed by atoms with van der Waals surface area (Å²) in [6.45, 7) is 24.5. The molecule has 0 radical (unpaired) electrons. The molecule has 1 nitrogen and oxygen atoms in total. The van der Waals surface area contributed by atoms with Crippen molar-refractivity contribution in [3.8, 4) is 0 Å². The van der Waals surface area contributed by atoms with Gasteiger partial charge in [0.25, 0.3) is 0 Å². The van der Waals surface area contributed by atoms with Crippen LogP contribution in [0.1, 0.15) is 61.3 Å². The summed E-state index contributed by atoms with van der Waals surface area (Å²) in [5.74, 6) is 1.19. The summed E-state index contributed by atoms with van der Waals surface area (Å²) < 4.78 is 0. The van der Waals surface area contributed by atoms with Crippen LogP contribution in [-0.2, 0) is 0 Å². The smallest absolute Gasteiger partial charge is 0.0291 e. The fourth-order valence-corrected chi connectivity index (χ4v) is 6.90. The van der Waals surface area contributed by atoms with Crippen LogP contribution >= 0.6 is 0 Å². The van der Waals surface area contributed by atoms with Gasteiger partial charge in [-0.3, -0.25) is 4.90 Å². The van der Waals surface area contributed by atoms with Crippen LogP contribution in [-0.4, -0.2) is 23.5 Å². The Morgan fingerprint density at radius 2 is 1.55 bits per heavy atom. The third kappa shape index (κ3) is 4.02. The first-order valence-corrected chi connectivity index (χ1v) is 11.9. The SMILES string of the molecule is C=C/C=C\C(=C/C=C)C1(C(/C=C\C)=C/C=C\C)C2CC(C)N(C)C(C)(C)CC1(C)C2C. The quantitative estimate of drug-likeness (QED) is 0.377. The van der Waals surface area contributed by atoms with Crippen molar-refractivity contribution < 1.29 is 0 Å². The molecule has 170 valence electrons. The van der Waals surface area contributed by atoms with E-state index in [2.05, 4.69) is 122 Å². The van der Waals surface area contributed by atoms with Crippen LogP contribution in [0, 0.1) is 22.7 Å². The summed E-state index contributed by atoms with van der Waals surface area (Å²) in [4.78, 5) is 2.61. The zero-order chi connectivity index (χ0) is 23.4. The Kier molecular flexibility index (Phi) is 7.98. The van der Waals surface area contributed by atoms with E-state index < -0.39 is 0 Å². The third-order valence-electron chi connectivity index (χ3n) is 8.51. The van der Waals surface area contributed by atoms with Crippen LogP contribution in [0.2, 0.25) is 0 Å². The molecule has 0 spiro atoms. The average Bonchev–Trinajstić information content (AvgIpc) is 2.72. The molecular formula is C30H45N. The van der Waals surface area contributed by atoms with Gasteiger partial charge in [0.05, 0.1) is 0 Å². The molecule has 0 aromatic heterocycles. The van der Waals surface area contributed by atoms with Crippen LogP contribution in [0.5, 0.6) is 0 Å². The molecule has 3 aliphatic rings. The standard InChI is InChI=1S/C30H45N/c1-11-15-19-25(17-13-3)30(26(18-14-4)20-16-12-2)27-21-23(5)31(10)28(7,8)22-29(30,9)24(27)6/h11-20,23-24,27H,1,3,21-22H2,2,4-10H3/b16-12-,18-14-,19-15-,25-17+,26-20+. The minimum atomic E-state index is -0.0705. The lowest BCUT2D eigenvalue weighted by Gasteiger charge is -2.73. The van der Waals surface area contributed by atoms with E-state index in [1.165, 1.54) is 17.6 Å². The number of hydrogen-bond donors (Lipinski definition) is 0. The second kappa shape index (κ2) is 9.74. The van der Waals surface area contributed by atoms with E-state index in [-0.39, 0.29) is 16.4 Å². The van der Waals surface area contributed by atoms with Gasteiger partial charge in [-0.1, -0.05) is 87.8 Å². The van der Waals surface area contributed by atoms with E-state index in [1.807, 2.05) is 12.2 Å². The summed E-state index contributed by atoms with van der Waals surface area (Å²) in [6.07, 6.45) is 24.0. The first-order valence-electron chi connectivity index (χ1n) is 11.9. The van der Waals surface area contributed by atoms with E-state index in [1.54, 1.807) is 0 Å². The third-order valence-corrected chi connectivity index (χ3v) is 8.51. The summed E-state index contributed by atoms with van der Waals surface area (Å²) in [5.41, 5.74) is 2.92. The van der Waals surface area contributed by atoms with E-state index in [9.17, 15) is 0 Å². The zero-order valence-electron chi connectivity index (χ0n) is 21.3. The van der Waals surface area contributed by atoms with Crippen LogP contribution in [0.25, 0.3) is 0 Å². The first-order chi connectivity index (χ1) is 14.6. The number of allylic oxidation sites excluding steroid dienone is 12. The van der Waals surface area contributed by atoms with Gasteiger partial charge in [-0.2, -0.15) is 0 Å². The molecule has 1 heteroatoms. The first kappa shape index (κ1) is 25.4. The van der Waals surface area contributed by atoms with Crippen molar-refractivity contribution in [3.63, 3.8) is 0 Å². The van der Waals surface area contributed by atoms with Crippen LogP contribution in [0.4, 0.5) is 0 Å². The highest BCUT2D eigenvalue weighted by Crippen LogP contribution is 2.75. The number of rotatable bonds is 7. The van der Waals surface area contributed by atoms with Crippen molar-refractivity contribution in [3.05, 3.63) is 85.1 Å². The van der Waals surface area contributed by atoms with Crippen molar-refractivity contribution in [2.45, 2.75) is 72.9 Å². The van der Waals surface area contributed by atoms with E-state index in [0.717, 1.165) is 6.42 Å². The topological polar surface area (TPSA) is 3.24 Å². The summed E-state index contributed by atoms with van der Waals surface area (Å²) >= 11 is 0. The zero-order valence-corrected chi connectivity index (χ0v) is 21.3. The van der Waals surface area contributed by atoms with Crippen molar-refractivity contribution >= 4 is 0 Å². The molecule has 31 heavy (non-hydrogen) atoms. The molecule has 1 saturated carbocycles. The minimum absolute atomic E-state index is 0.0705. The van der Waals surface area contributed by atoms with E-state index in [4.69, 9.17) is 0 Å².